The van der Waals surface area contributed by atoms with Crippen LogP contribution in [0.1, 0.15) is 10.4 Å². The van der Waals surface area contributed by atoms with Gasteiger partial charge < -0.3 is 10.1 Å². The van der Waals surface area contributed by atoms with E-state index in [1.54, 1.807) is 7.11 Å². The maximum absolute atomic E-state index is 12.4. The minimum absolute atomic E-state index is 0.119. The molecule has 0 saturated heterocycles. The van der Waals surface area contributed by atoms with Crippen molar-refractivity contribution < 1.29 is 9.53 Å². The van der Waals surface area contributed by atoms with Gasteiger partial charge in [-0.3, -0.25) is 4.79 Å². The van der Waals surface area contributed by atoms with Crippen LogP contribution < -0.4 is 10.1 Å². The van der Waals surface area contributed by atoms with Crippen LogP contribution in [-0.4, -0.2) is 13.0 Å². The average Bonchev–Trinajstić information content (AvgIpc) is 2.63. The van der Waals surface area contributed by atoms with Crippen LogP contribution in [0.25, 0.3) is 11.1 Å². The highest BCUT2D eigenvalue weighted by Gasteiger charge is 2.07. The molecule has 1 amide bonds. The number of hydrogen-bond acceptors (Lipinski definition) is 2. The van der Waals surface area contributed by atoms with Gasteiger partial charge in [-0.1, -0.05) is 42.5 Å². The highest BCUT2D eigenvalue weighted by atomic mass is 16.5. The van der Waals surface area contributed by atoms with E-state index in [4.69, 9.17) is 4.74 Å². The largest absolute Gasteiger partial charge is 0.497 e. The molecule has 0 aliphatic heterocycles. The molecule has 1 N–H and O–H groups in total. The van der Waals surface area contributed by atoms with Crippen LogP contribution >= 0.6 is 0 Å². The van der Waals surface area contributed by atoms with Gasteiger partial charge >= 0.3 is 0 Å². The predicted molar refractivity (Wildman–Crippen MR) is 92.8 cm³/mol. The lowest BCUT2D eigenvalue weighted by Gasteiger charge is -2.08. The van der Waals surface area contributed by atoms with Gasteiger partial charge in [0.25, 0.3) is 5.91 Å². The molecule has 0 aliphatic rings. The van der Waals surface area contributed by atoms with Crippen molar-refractivity contribution >= 4 is 11.6 Å². The second-order valence-electron chi connectivity index (χ2n) is 5.13. The summed E-state index contributed by atoms with van der Waals surface area (Å²) in [5.74, 6) is 0.693. The number of methoxy groups -OCH3 is 1. The molecule has 0 unspecified atom stereocenters. The summed E-state index contributed by atoms with van der Waals surface area (Å²) in [6.45, 7) is 0. The van der Waals surface area contributed by atoms with Crippen molar-refractivity contribution in [3.05, 3.63) is 84.4 Å². The van der Waals surface area contributed by atoms with Crippen LogP contribution in [0.5, 0.6) is 5.75 Å². The quantitative estimate of drug-likeness (QED) is 0.764. The number of nitrogens with one attached hydrogen (secondary N) is 1. The van der Waals surface area contributed by atoms with E-state index in [1.165, 1.54) is 0 Å². The third-order valence-electron chi connectivity index (χ3n) is 3.58. The van der Waals surface area contributed by atoms with Gasteiger partial charge in [0.1, 0.15) is 5.75 Å². The predicted octanol–water partition coefficient (Wildman–Crippen LogP) is 4.61. The Morgan fingerprint density at radius 2 is 1.57 bits per heavy atom. The first kappa shape index (κ1) is 14.9. The molecule has 0 atom stereocenters. The zero-order valence-corrected chi connectivity index (χ0v) is 12.8. The Labute approximate surface area is 135 Å². The van der Waals surface area contributed by atoms with Crippen LogP contribution in [0.4, 0.5) is 5.69 Å². The van der Waals surface area contributed by atoms with Gasteiger partial charge in [0.15, 0.2) is 0 Å². The van der Waals surface area contributed by atoms with E-state index in [2.05, 4.69) is 5.32 Å². The highest BCUT2D eigenvalue weighted by molar-refractivity contribution is 6.04. The molecule has 0 saturated carbocycles. The molecular formula is C20H17NO2. The highest BCUT2D eigenvalue weighted by Crippen LogP contribution is 2.23. The maximum Gasteiger partial charge on any atom is 0.255 e. The monoisotopic (exact) mass is 303 g/mol. The molecule has 114 valence electrons. The molecule has 0 aliphatic carbocycles. The lowest BCUT2D eigenvalue weighted by Crippen LogP contribution is -2.11. The minimum Gasteiger partial charge on any atom is -0.497 e. The lowest BCUT2D eigenvalue weighted by molar-refractivity contribution is 0.102. The summed E-state index contributed by atoms with van der Waals surface area (Å²) in [6.07, 6.45) is 0. The number of rotatable bonds is 4. The zero-order valence-electron chi connectivity index (χ0n) is 12.8. The fraction of sp³-hybridized carbons (Fsp3) is 0.0500. The Morgan fingerprint density at radius 1 is 0.826 bits per heavy atom. The average molecular weight is 303 g/mol. The van der Waals surface area contributed by atoms with Crippen molar-refractivity contribution in [2.24, 2.45) is 0 Å². The summed E-state index contributed by atoms with van der Waals surface area (Å²) < 4.78 is 5.17. The SMILES string of the molecule is COc1ccc(-c2cccc(C(=O)Nc3ccccc3)c2)cc1. The van der Waals surface area contributed by atoms with Crippen LogP contribution in [-0.2, 0) is 0 Å². The smallest absolute Gasteiger partial charge is 0.255 e. The lowest BCUT2D eigenvalue weighted by atomic mass is 10.0. The Morgan fingerprint density at radius 3 is 2.26 bits per heavy atom. The number of hydrogen-bond donors (Lipinski definition) is 1. The molecule has 3 rings (SSSR count). The molecule has 3 aromatic carbocycles. The van der Waals surface area contributed by atoms with E-state index < -0.39 is 0 Å². The van der Waals surface area contributed by atoms with Gasteiger partial charge in [-0.05, 0) is 47.5 Å². The maximum atomic E-state index is 12.4. The molecule has 3 aromatic rings. The van der Waals surface area contributed by atoms with Crippen molar-refractivity contribution in [1.29, 1.82) is 0 Å². The van der Waals surface area contributed by atoms with Crippen LogP contribution in [0.3, 0.4) is 0 Å². The van der Waals surface area contributed by atoms with Crippen molar-refractivity contribution in [1.82, 2.24) is 0 Å². The van der Waals surface area contributed by atoms with Gasteiger partial charge in [-0.15, -0.1) is 0 Å². The Balaban J connectivity index is 1.82. The van der Waals surface area contributed by atoms with Crippen LogP contribution in [0.2, 0.25) is 0 Å². The first-order chi connectivity index (χ1) is 11.3. The Hall–Kier alpha value is -3.07. The Kier molecular flexibility index (Phi) is 4.39. The topological polar surface area (TPSA) is 38.3 Å². The summed E-state index contributed by atoms with van der Waals surface area (Å²) in [5, 5.41) is 2.90. The zero-order chi connectivity index (χ0) is 16.1. The van der Waals surface area contributed by atoms with E-state index in [0.717, 1.165) is 22.6 Å². The summed E-state index contributed by atoms with van der Waals surface area (Å²) in [7, 11) is 1.64. The number of carbonyl (C=O) groups excluding carboxylic acids is 1. The first-order valence-corrected chi connectivity index (χ1v) is 7.37. The number of benzene rings is 3. The molecule has 0 fully saturated rings. The standard InChI is InChI=1S/C20H17NO2/c1-23-19-12-10-15(11-13-19)16-6-5-7-17(14-16)20(22)21-18-8-3-2-4-9-18/h2-14H,1H3,(H,21,22). The third kappa shape index (κ3) is 3.58. The summed E-state index contributed by atoms with van der Waals surface area (Å²) >= 11 is 0. The molecule has 0 radical (unpaired) electrons. The molecule has 0 heterocycles. The first-order valence-electron chi connectivity index (χ1n) is 7.37. The Bertz CT molecular complexity index is 795. The number of anilines is 1. The number of para-hydroxylation sites is 1. The van der Waals surface area contributed by atoms with Gasteiger partial charge in [-0.25, -0.2) is 0 Å². The third-order valence-corrected chi connectivity index (χ3v) is 3.58. The van der Waals surface area contributed by atoms with Crippen LogP contribution in [0, 0.1) is 0 Å². The number of amides is 1. The van der Waals surface area contributed by atoms with Crippen molar-refractivity contribution in [2.45, 2.75) is 0 Å². The molecule has 0 bridgehead atoms. The second kappa shape index (κ2) is 6.79. The van der Waals surface area contributed by atoms with Gasteiger partial charge in [0, 0.05) is 11.3 Å². The molecule has 0 aromatic heterocycles. The fourth-order valence-corrected chi connectivity index (χ4v) is 2.35. The summed E-state index contributed by atoms with van der Waals surface area (Å²) in [5.41, 5.74) is 3.45. The van der Waals surface area contributed by atoms with Crippen molar-refractivity contribution in [2.75, 3.05) is 12.4 Å². The van der Waals surface area contributed by atoms with E-state index in [9.17, 15) is 4.79 Å². The second-order valence-corrected chi connectivity index (χ2v) is 5.13. The number of carbonyl (C=O) groups is 1. The molecular weight excluding hydrogens is 286 g/mol. The minimum atomic E-state index is -0.119. The van der Waals surface area contributed by atoms with Crippen LogP contribution in [0.15, 0.2) is 78.9 Å². The van der Waals surface area contributed by atoms with Crippen molar-refractivity contribution in [3.63, 3.8) is 0 Å². The molecule has 23 heavy (non-hydrogen) atoms. The van der Waals surface area contributed by atoms with Gasteiger partial charge in [-0.2, -0.15) is 0 Å². The van der Waals surface area contributed by atoms with Gasteiger partial charge in [0.2, 0.25) is 0 Å². The molecule has 3 nitrogen and oxygen atoms in total. The van der Waals surface area contributed by atoms with E-state index in [1.807, 2.05) is 78.9 Å². The van der Waals surface area contributed by atoms with Crippen molar-refractivity contribution in [3.8, 4) is 16.9 Å². The molecule has 3 heteroatoms. The normalized spacial score (nSPS) is 10.1. The van der Waals surface area contributed by atoms with E-state index in [-0.39, 0.29) is 5.91 Å². The van der Waals surface area contributed by atoms with E-state index in [0.29, 0.717) is 5.56 Å². The number of ether oxygens (including phenoxy) is 1. The summed E-state index contributed by atoms with van der Waals surface area (Å²) in [4.78, 5) is 12.4. The fourth-order valence-electron chi connectivity index (χ4n) is 2.35. The summed E-state index contributed by atoms with van der Waals surface area (Å²) in [6, 6.07) is 24.8. The van der Waals surface area contributed by atoms with Gasteiger partial charge in [0.05, 0.1) is 7.11 Å². The molecule has 0 spiro atoms. The van der Waals surface area contributed by atoms with E-state index >= 15 is 0 Å².